The van der Waals surface area contributed by atoms with Crippen LogP contribution >= 0.6 is 0 Å². The summed E-state index contributed by atoms with van der Waals surface area (Å²) in [5.41, 5.74) is 3.07. The number of fused-ring (bicyclic) bond motifs is 1. The molecule has 6 heteroatoms. The van der Waals surface area contributed by atoms with Crippen LogP contribution in [0.2, 0.25) is 0 Å². The Bertz CT molecular complexity index is 875. The van der Waals surface area contributed by atoms with Crippen LogP contribution in [0.5, 0.6) is 5.75 Å². The van der Waals surface area contributed by atoms with Gasteiger partial charge in [-0.1, -0.05) is 18.2 Å². The number of nitrogens with one attached hydrogen (secondary N) is 1. The molecule has 0 saturated heterocycles. The van der Waals surface area contributed by atoms with Gasteiger partial charge in [0.1, 0.15) is 5.75 Å². The van der Waals surface area contributed by atoms with Crippen LogP contribution < -0.4 is 10.1 Å². The van der Waals surface area contributed by atoms with E-state index in [4.69, 9.17) is 9.47 Å². The van der Waals surface area contributed by atoms with Gasteiger partial charge >= 0.3 is 5.97 Å². The van der Waals surface area contributed by atoms with Crippen molar-refractivity contribution in [2.45, 2.75) is 25.7 Å². The molecule has 2 aromatic carbocycles. The summed E-state index contributed by atoms with van der Waals surface area (Å²) in [5.74, 6) is -1.53. The fourth-order valence-corrected chi connectivity index (χ4v) is 3.14. The smallest absolute Gasteiger partial charge is 0.338 e. The molecule has 1 aliphatic rings. The maximum absolute atomic E-state index is 12.2. The monoisotopic (exact) mass is 367 g/mol. The SMILES string of the molecule is COc1ccccc1C(=O)NC(=O)COC(=O)c1ccc2c(c1)CCCC2. The van der Waals surface area contributed by atoms with E-state index in [9.17, 15) is 14.4 Å². The van der Waals surface area contributed by atoms with Crippen molar-refractivity contribution < 1.29 is 23.9 Å². The molecule has 0 heterocycles. The first-order valence-electron chi connectivity index (χ1n) is 8.84. The normalized spacial score (nSPS) is 12.6. The molecule has 0 aliphatic heterocycles. The Kier molecular flexibility index (Phi) is 5.86. The molecule has 1 N–H and O–H groups in total. The summed E-state index contributed by atoms with van der Waals surface area (Å²) in [6.07, 6.45) is 4.25. The molecule has 140 valence electrons. The second kappa shape index (κ2) is 8.49. The lowest BCUT2D eigenvalue weighted by molar-refractivity contribution is -0.123. The van der Waals surface area contributed by atoms with Crippen LogP contribution in [-0.2, 0) is 22.4 Å². The number of para-hydroxylation sites is 1. The van der Waals surface area contributed by atoms with Gasteiger partial charge in [-0.15, -0.1) is 0 Å². The predicted molar refractivity (Wildman–Crippen MR) is 98.8 cm³/mol. The van der Waals surface area contributed by atoms with Gasteiger partial charge in [-0.2, -0.15) is 0 Å². The van der Waals surface area contributed by atoms with Gasteiger partial charge in [0.05, 0.1) is 18.2 Å². The van der Waals surface area contributed by atoms with Gasteiger partial charge in [-0.3, -0.25) is 14.9 Å². The quantitative estimate of drug-likeness (QED) is 0.822. The molecule has 0 atom stereocenters. The molecular weight excluding hydrogens is 346 g/mol. The molecule has 0 spiro atoms. The van der Waals surface area contributed by atoms with Gasteiger partial charge in [0, 0.05) is 0 Å². The van der Waals surface area contributed by atoms with E-state index in [0.29, 0.717) is 11.3 Å². The largest absolute Gasteiger partial charge is 0.496 e. The molecule has 0 saturated carbocycles. The van der Waals surface area contributed by atoms with Crippen LogP contribution in [0.25, 0.3) is 0 Å². The maximum Gasteiger partial charge on any atom is 0.338 e. The average Bonchev–Trinajstić information content (AvgIpc) is 2.71. The number of methoxy groups -OCH3 is 1. The van der Waals surface area contributed by atoms with E-state index < -0.39 is 24.4 Å². The Balaban J connectivity index is 1.56. The summed E-state index contributed by atoms with van der Waals surface area (Å²) in [7, 11) is 1.44. The number of rotatable bonds is 5. The van der Waals surface area contributed by atoms with E-state index in [1.165, 1.54) is 12.7 Å². The third-order valence-electron chi connectivity index (χ3n) is 4.52. The van der Waals surface area contributed by atoms with Crippen LogP contribution in [0, 0.1) is 0 Å². The highest BCUT2D eigenvalue weighted by atomic mass is 16.5. The molecular formula is C21H21NO5. The van der Waals surface area contributed by atoms with Crippen LogP contribution in [-0.4, -0.2) is 31.5 Å². The van der Waals surface area contributed by atoms with Crippen molar-refractivity contribution in [1.29, 1.82) is 0 Å². The third kappa shape index (κ3) is 4.53. The molecule has 2 aromatic rings. The number of benzene rings is 2. The number of esters is 1. The Hall–Kier alpha value is -3.15. The van der Waals surface area contributed by atoms with Crippen molar-refractivity contribution in [2.24, 2.45) is 0 Å². The van der Waals surface area contributed by atoms with Crippen molar-refractivity contribution in [3.63, 3.8) is 0 Å². The summed E-state index contributed by atoms with van der Waals surface area (Å²) in [6, 6.07) is 12.0. The van der Waals surface area contributed by atoms with Crippen LogP contribution in [0.1, 0.15) is 44.7 Å². The minimum Gasteiger partial charge on any atom is -0.496 e. The summed E-state index contributed by atoms with van der Waals surface area (Å²) in [5, 5.41) is 2.19. The second-order valence-electron chi connectivity index (χ2n) is 6.34. The summed E-state index contributed by atoms with van der Waals surface area (Å²) in [4.78, 5) is 36.3. The van der Waals surface area contributed by atoms with Gasteiger partial charge in [0.2, 0.25) is 0 Å². The molecule has 0 aromatic heterocycles. The van der Waals surface area contributed by atoms with Crippen LogP contribution in [0.4, 0.5) is 0 Å². The fourth-order valence-electron chi connectivity index (χ4n) is 3.14. The number of amides is 2. The van der Waals surface area contributed by atoms with Gasteiger partial charge in [0.25, 0.3) is 11.8 Å². The number of ether oxygens (including phenoxy) is 2. The lowest BCUT2D eigenvalue weighted by Gasteiger charge is -2.16. The highest BCUT2D eigenvalue weighted by Crippen LogP contribution is 2.22. The maximum atomic E-state index is 12.2. The van der Waals surface area contributed by atoms with E-state index in [0.717, 1.165) is 31.2 Å². The molecule has 2 amide bonds. The van der Waals surface area contributed by atoms with Gasteiger partial charge < -0.3 is 9.47 Å². The van der Waals surface area contributed by atoms with Crippen molar-refractivity contribution >= 4 is 17.8 Å². The van der Waals surface area contributed by atoms with E-state index >= 15 is 0 Å². The highest BCUT2D eigenvalue weighted by molar-refractivity contribution is 6.07. The number of carbonyl (C=O) groups is 3. The first kappa shape index (κ1) is 18.6. The Morgan fingerprint density at radius 3 is 2.52 bits per heavy atom. The lowest BCUT2D eigenvalue weighted by Crippen LogP contribution is -2.34. The zero-order valence-electron chi connectivity index (χ0n) is 15.1. The number of carbonyl (C=O) groups excluding carboxylic acids is 3. The lowest BCUT2D eigenvalue weighted by atomic mass is 9.90. The van der Waals surface area contributed by atoms with E-state index in [1.807, 2.05) is 12.1 Å². The van der Waals surface area contributed by atoms with E-state index in [1.54, 1.807) is 30.3 Å². The first-order chi connectivity index (χ1) is 13.1. The fraction of sp³-hybridized carbons (Fsp3) is 0.286. The average molecular weight is 367 g/mol. The Labute approximate surface area is 157 Å². The molecule has 1 aliphatic carbocycles. The molecule has 3 rings (SSSR count). The third-order valence-corrected chi connectivity index (χ3v) is 4.52. The highest BCUT2D eigenvalue weighted by Gasteiger charge is 2.17. The zero-order chi connectivity index (χ0) is 19.2. The molecule has 6 nitrogen and oxygen atoms in total. The van der Waals surface area contributed by atoms with Crippen LogP contribution in [0.15, 0.2) is 42.5 Å². The van der Waals surface area contributed by atoms with Gasteiger partial charge in [-0.25, -0.2) is 4.79 Å². The number of imide groups is 1. The van der Waals surface area contributed by atoms with Gasteiger partial charge in [-0.05, 0) is 61.1 Å². The standard InChI is InChI=1S/C21H21NO5/c1-26-18-9-5-4-8-17(18)20(24)22-19(23)13-27-21(25)16-11-10-14-6-2-3-7-15(14)12-16/h4-5,8-12H,2-3,6-7,13H2,1H3,(H,22,23,24). The molecule has 0 radical (unpaired) electrons. The summed E-state index contributed by atoms with van der Waals surface area (Å²) >= 11 is 0. The summed E-state index contributed by atoms with van der Waals surface area (Å²) < 4.78 is 10.1. The topological polar surface area (TPSA) is 81.7 Å². The zero-order valence-corrected chi connectivity index (χ0v) is 15.1. The molecule has 0 unspecified atom stereocenters. The molecule has 0 bridgehead atoms. The Morgan fingerprint density at radius 2 is 1.74 bits per heavy atom. The summed E-state index contributed by atoms with van der Waals surface area (Å²) in [6.45, 7) is -0.531. The minimum atomic E-state index is -0.697. The van der Waals surface area contributed by atoms with Crippen molar-refractivity contribution in [3.05, 3.63) is 64.7 Å². The van der Waals surface area contributed by atoms with E-state index in [-0.39, 0.29) is 5.56 Å². The molecule has 27 heavy (non-hydrogen) atoms. The Morgan fingerprint density at radius 1 is 1.00 bits per heavy atom. The minimum absolute atomic E-state index is 0.231. The number of hydrogen-bond acceptors (Lipinski definition) is 5. The van der Waals surface area contributed by atoms with Crippen LogP contribution in [0.3, 0.4) is 0 Å². The van der Waals surface area contributed by atoms with Crippen molar-refractivity contribution in [2.75, 3.05) is 13.7 Å². The second-order valence-corrected chi connectivity index (χ2v) is 6.34. The number of hydrogen-bond donors (Lipinski definition) is 1. The predicted octanol–water partition coefficient (Wildman–Crippen LogP) is 2.69. The van der Waals surface area contributed by atoms with Crippen molar-refractivity contribution in [1.82, 2.24) is 5.32 Å². The molecule has 0 fully saturated rings. The first-order valence-corrected chi connectivity index (χ1v) is 8.84. The number of aryl methyl sites for hydroxylation is 2. The van der Waals surface area contributed by atoms with Gasteiger partial charge in [0.15, 0.2) is 6.61 Å². The van der Waals surface area contributed by atoms with E-state index in [2.05, 4.69) is 5.32 Å². The van der Waals surface area contributed by atoms with Crippen molar-refractivity contribution in [3.8, 4) is 5.75 Å².